The Morgan fingerprint density at radius 3 is 2.89 bits per heavy atom. The molecule has 2 aromatic carbocycles. The van der Waals surface area contributed by atoms with Gasteiger partial charge in [-0.05, 0) is 36.8 Å². The van der Waals surface area contributed by atoms with Gasteiger partial charge in [-0.15, -0.1) is 0 Å². The van der Waals surface area contributed by atoms with Crippen LogP contribution in [0.25, 0.3) is 22.1 Å². The molecule has 4 aromatic rings. The molecule has 2 heterocycles. The summed E-state index contributed by atoms with van der Waals surface area (Å²) in [4.78, 5) is 29.3. The summed E-state index contributed by atoms with van der Waals surface area (Å²) in [5.41, 5.74) is 1.73. The maximum absolute atomic E-state index is 12.7. The topological polar surface area (TPSA) is 77.1 Å². The Morgan fingerprint density at radius 1 is 1.26 bits per heavy atom. The lowest BCUT2D eigenvalue weighted by Gasteiger charge is -2.15. The number of hydrogen-bond donors (Lipinski definition) is 1. The summed E-state index contributed by atoms with van der Waals surface area (Å²) in [6.45, 7) is 1.71. The van der Waals surface area contributed by atoms with Crippen molar-refractivity contribution >= 4 is 39.6 Å². The second kappa shape index (κ2) is 6.89. The Kier molecular flexibility index (Phi) is 4.41. The van der Waals surface area contributed by atoms with Gasteiger partial charge in [0, 0.05) is 10.4 Å². The molecule has 0 unspecified atom stereocenters. The van der Waals surface area contributed by atoms with Gasteiger partial charge in [0.1, 0.15) is 17.6 Å². The van der Waals surface area contributed by atoms with Gasteiger partial charge in [-0.3, -0.25) is 14.2 Å². The Hall–Kier alpha value is -3.12. The van der Waals surface area contributed by atoms with Crippen LogP contribution in [-0.2, 0) is 11.3 Å². The predicted octanol–water partition coefficient (Wildman–Crippen LogP) is 3.67. The predicted molar refractivity (Wildman–Crippen MR) is 104 cm³/mol. The molecule has 0 bridgehead atoms. The molecule has 4 rings (SSSR count). The first-order valence-corrected chi connectivity index (χ1v) is 8.82. The summed E-state index contributed by atoms with van der Waals surface area (Å²) in [6.07, 6.45) is 1.37. The summed E-state index contributed by atoms with van der Waals surface area (Å²) >= 11 is 5.99. The lowest BCUT2D eigenvalue weighted by Crippen LogP contribution is -2.33. The summed E-state index contributed by atoms with van der Waals surface area (Å²) in [5.74, 6) is -0.304. The number of nitrogens with one attached hydrogen (secondary N) is 1. The maximum atomic E-state index is 12.7. The maximum Gasteiger partial charge on any atom is 0.297 e. The minimum absolute atomic E-state index is 0.148. The van der Waals surface area contributed by atoms with E-state index in [2.05, 4.69) is 10.3 Å². The number of rotatable bonds is 4. The van der Waals surface area contributed by atoms with Crippen LogP contribution >= 0.6 is 11.6 Å². The van der Waals surface area contributed by atoms with E-state index < -0.39 is 0 Å². The third-order valence-corrected chi connectivity index (χ3v) is 4.63. The molecule has 0 spiro atoms. The zero-order valence-corrected chi connectivity index (χ0v) is 15.2. The van der Waals surface area contributed by atoms with E-state index in [-0.39, 0.29) is 29.6 Å². The minimum atomic E-state index is -0.387. The van der Waals surface area contributed by atoms with Crippen LogP contribution in [-0.4, -0.2) is 15.5 Å². The van der Waals surface area contributed by atoms with E-state index in [9.17, 15) is 9.59 Å². The van der Waals surface area contributed by atoms with Crippen molar-refractivity contribution in [1.82, 2.24) is 14.9 Å². The molecule has 1 atom stereocenters. The van der Waals surface area contributed by atoms with E-state index in [0.717, 1.165) is 10.9 Å². The lowest BCUT2D eigenvalue weighted by molar-refractivity contribution is -0.122. The molecule has 0 aliphatic carbocycles. The van der Waals surface area contributed by atoms with Crippen molar-refractivity contribution in [2.45, 2.75) is 19.5 Å². The van der Waals surface area contributed by atoms with E-state index in [4.69, 9.17) is 16.0 Å². The standard InChI is InChI=1S/C20H16ClN3O3/c1-12(13-5-4-6-14(21)9-13)23-17(25)10-24-11-22-18-15-7-2-3-8-16(15)27-19(18)20(24)26/h2-9,11-12H,10H2,1H3,(H,23,25)/t12-/m1/s1. The SMILES string of the molecule is C[C@@H](NC(=O)Cn1cnc2c(oc3ccccc32)c1=O)c1cccc(Cl)c1. The number of furan rings is 1. The van der Waals surface area contributed by atoms with Crippen molar-refractivity contribution < 1.29 is 9.21 Å². The first-order chi connectivity index (χ1) is 13.0. The normalized spacial score (nSPS) is 12.4. The van der Waals surface area contributed by atoms with Gasteiger partial charge in [-0.2, -0.15) is 0 Å². The highest BCUT2D eigenvalue weighted by molar-refractivity contribution is 6.30. The number of aromatic nitrogens is 2. The number of para-hydroxylation sites is 1. The third-order valence-electron chi connectivity index (χ3n) is 4.39. The van der Waals surface area contributed by atoms with Gasteiger partial charge in [-0.25, -0.2) is 4.98 Å². The number of nitrogens with zero attached hydrogens (tertiary/aromatic N) is 2. The molecular weight excluding hydrogens is 366 g/mol. The molecule has 27 heavy (non-hydrogen) atoms. The molecule has 7 heteroatoms. The summed E-state index contributed by atoms with van der Waals surface area (Å²) in [5, 5.41) is 4.23. The van der Waals surface area contributed by atoms with Crippen molar-refractivity contribution in [2.75, 3.05) is 0 Å². The van der Waals surface area contributed by atoms with Gasteiger partial charge in [0.15, 0.2) is 0 Å². The van der Waals surface area contributed by atoms with E-state index in [1.54, 1.807) is 18.2 Å². The van der Waals surface area contributed by atoms with Crippen LogP contribution < -0.4 is 10.9 Å². The molecule has 0 radical (unpaired) electrons. The highest BCUT2D eigenvalue weighted by Gasteiger charge is 2.16. The molecule has 1 amide bonds. The second-order valence-electron chi connectivity index (χ2n) is 6.30. The molecule has 2 aromatic heterocycles. The van der Waals surface area contributed by atoms with Crippen LogP contribution in [0.3, 0.4) is 0 Å². The van der Waals surface area contributed by atoms with Gasteiger partial charge in [-0.1, -0.05) is 35.9 Å². The fourth-order valence-corrected chi connectivity index (χ4v) is 3.23. The molecule has 6 nitrogen and oxygen atoms in total. The van der Waals surface area contributed by atoms with Crippen molar-refractivity contribution in [3.8, 4) is 0 Å². The fraction of sp³-hybridized carbons (Fsp3) is 0.150. The number of amides is 1. The number of fused-ring (bicyclic) bond motifs is 3. The molecule has 0 aliphatic heterocycles. The van der Waals surface area contributed by atoms with Crippen LogP contribution in [0.1, 0.15) is 18.5 Å². The first kappa shape index (κ1) is 17.3. The number of carbonyl (C=O) groups excluding carboxylic acids is 1. The monoisotopic (exact) mass is 381 g/mol. The Balaban J connectivity index is 1.58. The first-order valence-electron chi connectivity index (χ1n) is 8.44. The summed E-state index contributed by atoms with van der Waals surface area (Å²) in [7, 11) is 0. The van der Waals surface area contributed by atoms with Crippen LogP contribution in [0.5, 0.6) is 0 Å². The molecule has 0 fully saturated rings. The average Bonchev–Trinajstić information content (AvgIpc) is 3.03. The quantitative estimate of drug-likeness (QED) is 0.585. The van der Waals surface area contributed by atoms with Gasteiger partial charge in [0.05, 0.1) is 12.4 Å². The number of carbonyl (C=O) groups is 1. The Morgan fingerprint density at radius 2 is 2.07 bits per heavy atom. The molecule has 0 saturated carbocycles. The van der Waals surface area contributed by atoms with Crippen LogP contribution in [0.15, 0.2) is 64.1 Å². The van der Waals surface area contributed by atoms with E-state index in [0.29, 0.717) is 16.1 Å². The third kappa shape index (κ3) is 3.31. The molecule has 136 valence electrons. The molecule has 0 aliphatic rings. The minimum Gasteiger partial charge on any atom is -0.448 e. The Bertz CT molecular complexity index is 1210. The molecular formula is C20H16ClN3O3. The van der Waals surface area contributed by atoms with Gasteiger partial charge in [0.25, 0.3) is 5.56 Å². The second-order valence-corrected chi connectivity index (χ2v) is 6.73. The fourth-order valence-electron chi connectivity index (χ4n) is 3.03. The van der Waals surface area contributed by atoms with Crippen molar-refractivity contribution in [3.05, 3.63) is 75.8 Å². The highest BCUT2D eigenvalue weighted by Crippen LogP contribution is 2.24. The zero-order valence-electron chi connectivity index (χ0n) is 14.5. The zero-order chi connectivity index (χ0) is 19.0. The Labute approximate surface area is 159 Å². The summed E-state index contributed by atoms with van der Waals surface area (Å²) < 4.78 is 6.87. The number of benzene rings is 2. The number of hydrogen-bond acceptors (Lipinski definition) is 4. The largest absolute Gasteiger partial charge is 0.448 e. The van der Waals surface area contributed by atoms with E-state index in [1.807, 2.05) is 37.3 Å². The average molecular weight is 382 g/mol. The van der Waals surface area contributed by atoms with Gasteiger partial charge in [0.2, 0.25) is 11.5 Å². The van der Waals surface area contributed by atoms with E-state index in [1.165, 1.54) is 10.9 Å². The lowest BCUT2D eigenvalue weighted by atomic mass is 10.1. The van der Waals surface area contributed by atoms with E-state index >= 15 is 0 Å². The smallest absolute Gasteiger partial charge is 0.297 e. The van der Waals surface area contributed by atoms with Gasteiger partial charge < -0.3 is 9.73 Å². The van der Waals surface area contributed by atoms with Crippen molar-refractivity contribution in [3.63, 3.8) is 0 Å². The van der Waals surface area contributed by atoms with Crippen molar-refractivity contribution in [1.29, 1.82) is 0 Å². The van der Waals surface area contributed by atoms with Crippen LogP contribution in [0.4, 0.5) is 0 Å². The number of halogens is 1. The van der Waals surface area contributed by atoms with Crippen LogP contribution in [0, 0.1) is 0 Å². The molecule has 1 N–H and O–H groups in total. The van der Waals surface area contributed by atoms with Crippen LogP contribution in [0.2, 0.25) is 5.02 Å². The highest BCUT2D eigenvalue weighted by atomic mass is 35.5. The molecule has 0 saturated heterocycles. The van der Waals surface area contributed by atoms with Gasteiger partial charge >= 0.3 is 0 Å². The summed E-state index contributed by atoms with van der Waals surface area (Å²) in [6, 6.07) is 14.3. The van der Waals surface area contributed by atoms with Crippen molar-refractivity contribution in [2.24, 2.45) is 0 Å².